The summed E-state index contributed by atoms with van der Waals surface area (Å²) in [6.07, 6.45) is 1.33. The minimum absolute atomic E-state index is 0.0648. The average Bonchev–Trinajstić information content (AvgIpc) is 2.99. The van der Waals surface area contributed by atoms with E-state index in [4.69, 9.17) is 4.74 Å². The van der Waals surface area contributed by atoms with Gasteiger partial charge in [-0.25, -0.2) is 14.5 Å². The minimum atomic E-state index is -0.751. The van der Waals surface area contributed by atoms with Gasteiger partial charge < -0.3 is 20.5 Å². The van der Waals surface area contributed by atoms with E-state index in [-0.39, 0.29) is 18.1 Å². The molecule has 10 heteroatoms. The molecular formula is C21H18BrN3O6. The first-order valence-corrected chi connectivity index (χ1v) is 9.98. The highest BCUT2D eigenvalue weighted by molar-refractivity contribution is 9.10. The molecule has 1 heterocycles. The zero-order chi connectivity index (χ0) is 22.5. The summed E-state index contributed by atoms with van der Waals surface area (Å²) in [5.41, 5.74) is 0.982. The van der Waals surface area contributed by atoms with Gasteiger partial charge >= 0.3 is 12.0 Å². The number of imide groups is 1. The molecule has 2 aromatic rings. The summed E-state index contributed by atoms with van der Waals surface area (Å²) in [6, 6.07) is 9.91. The Morgan fingerprint density at radius 3 is 2.58 bits per heavy atom. The Bertz CT molecular complexity index is 1080. The first kappa shape index (κ1) is 22.0. The molecule has 3 rings (SSSR count). The third-order valence-corrected chi connectivity index (χ3v) is 4.73. The molecule has 2 aromatic carbocycles. The largest absolute Gasteiger partial charge is 0.507 e. The molecule has 0 atom stereocenters. The molecule has 0 unspecified atom stereocenters. The minimum Gasteiger partial charge on any atom is -0.507 e. The highest BCUT2D eigenvalue weighted by Gasteiger charge is 2.35. The van der Waals surface area contributed by atoms with Gasteiger partial charge in [0.25, 0.3) is 5.91 Å². The van der Waals surface area contributed by atoms with Crippen LogP contribution >= 0.6 is 15.9 Å². The molecule has 4 amide bonds. The van der Waals surface area contributed by atoms with Gasteiger partial charge in [-0.2, -0.15) is 0 Å². The topological polar surface area (TPSA) is 125 Å². The van der Waals surface area contributed by atoms with Crippen LogP contribution in [-0.4, -0.2) is 47.0 Å². The van der Waals surface area contributed by atoms with Crippen molar-refractivity contribution in [3.05, 3.63) is 63.8 Å². The van der Waals surface area contributed by atoms with Crippen LogP contribution < -0.4 is 10.6 Å². The van der Waals surface area contributed by atoms with Crippen LogP contribution in [0.1, 0.15) is 22.8 Å². The number of hydrogen-bond donors (Lipinski definition) is 3. The van der Waals surface area contributed by atoms with Gasteiger partial charge in [-0.15, -0.1) is 0 Å². The molecule has 0 aliphatic carbocycles. The van der Waals surface area contributed by atoms with Crippen LogP contribution in [0.25, 0.3) is 6.08 Å². The number of amides is 4. The Balaban J connectivity index is 1.66. The van der Waals surface area contributed by atoms with Gasteiger partial charge in [0, 0.05) is 15.7 Å². The number of carbonyl (C=O) groups is 4. The van der Waals surface area contributed by atoms with E-state index in [9.17, 15) is 24.3 Å². The number of esters is 1. The van der Waals surface area contributed by atoms with Crippen LogP contribution in [0.5, 0.6) is 5.75 Å². The average molecular weight is 488 g/mol. The predicted octanol–water partition coefficient (Wildman–Crippen LogP) is 2.86. The number of aromatic hydroxyl groups is 1. The smallest absolute Gasteiger partial charge is 0.338 e. The lowest BCUT2D eigenvalue weighted by atomic mass is 10.1. The summed E-state index contributed by atoms with van der Waals surface area (Å²) in [7, 11) is 0. The highest BCUT2D eigenvalue weighted by Crippen LogP contribution is 2.25. The summed E-state index contributed by atoms with van der Waals surface area (Å²) >= 11 is 3.27. The number of benzene rings is 2. The number of carbonyl (C=O) groups excluding carboxylic acids is 4. The van der Waals surface area contributed by atoms with E-state index in [0.29, 0.717) is 21.3 Å². The number of halogens is 1. The summed E-state index contributed by atoms with van der Waals surface area (Å²) in [4.78, 5) is 49.4. The summed E-state index contributed by atoms with van der Waals surface area (Å²) in [6.45, 7) is 1.44. The van der Waals surface area contributed by atoms with Crippen molar-refractivity contribution >= 4 is 51.5 Å². The van der Waals surface area contributed by atoms with E-state index < -0.39 is 30.4 Å². The van der Waals surface area contributed by atoms with Gasteiger partial charge in [0.15, 0.2) is 0 Å². The molecule has 1 aliphatic heterocycles. The molecule has 0 saturated carbocycles. The molecule has 0 aromatic heterocycles. The fourth-order valence-corrected chi connectivity index (χ4v) is 3.14. The van der Waals surface area contributed by atoms with Crippen molar-refractivity contribution in [2.24, 2.45) is 0 Å². The van der Waals surface area contributed by atoms with Crippen LogP contribution in [0.15, 0.2) is 52.6 Å². The van der Waals surface area contributed by atoms with E-state index in [1.165, 1.54) is 36.4 Å². The first-order chi connectivity index (χ1) is 14.8. The number of nitrogens with one attached hydrogen (secondary N) is 2. The Kier molecular flexibility index (Phi) is 6.71. The number of nitrogens with zero attached hydrogens (tertiary/aromatic N) is 1. The van der Waals surface area contributed by atoms with Crippen molar-refractivity contribution in [1.29, 1.82) is 0 Å². The standard InChI is InChI=1S/C21H18BrN3O6/c1-2-31-20(29)12-3-6-15(7-4-12)23-18(27)11-25-19(28)16(24-21(25)30)10-13-9-14(22)5-8-17(13)26/h3-10,26H,2,11H2,1H3,(H,23,27)(H,24,30)/b16-10-. The van der Waals surface area contributed by atoms with Crippen LogP contribution in [0.2, 0.25) is 0 Å². The van der Waals surface area contributed by atoms with Crippen molar-refractivity contribution in [2.75, 3.05) is 18.5 Å². The van der Waals surface area contributed by atoms with E-state index in [0.717, 1.165) is 4.90 Å². The number of anilines is 1. The lowest BCUT2D eigenvalue weighted by Crippen LogP contribution is -2.38. The maximum Gasteiger partial charge on any atom is 0.338 e. The Morgan fingerprint density at radius 1 is 1.19 bits per heavy atom. The monoisotopic (exact) mass is 487 g/mol. The number of phenols is 1. The fraction of sp³-hybridized carbons (Fsp3) is 0.143. The molecule has 0 bridgehead atoms. The molecule has 1 saturated heterocycles. The number of phenolic OH excluding ortho intramolecular Hbond substituents is 1. The number of hydrogen-bond acceptors (Lipinski definition) is 6. The Morgan fingerprint density at radius 2 is 1.90 bits per heavy atom. The third kappa shape index (κ3) is 5.28. The van der Waals surface area contributed by atoms with Crippen molar-refractivity contribution in [3.8, 4) is 5.75 Å². The van der Waals surface area contributed by atoms with Crippen LogP contribution in [0, 0.1) is 0 Å². The van der Waals surface area contributed by atoms with E-state index in [1.54, 1.807) is 19.1 Å². The normalized spacial score (nSPS) is 14.5. The summed E-state index contributed by atoms with van der Waals surface area (Å²) < 4.78 is 5.57. The second-order valence-corrected chi connectivity index (χ2v) is 7.34. The second kappa shape index (κ2) is 9.43. The summed E-state index contributed by atoms with van der Waals surface area (Å²) in [5, 5.41) is 14.9. The second-order valence-electron chi connectivity index (χ2n) is 6.43. The van der Waals surface area contributed by atoms with Gasteiger partial charge in [0.2, 0.25) is 5.91 Å². The van der Waals surface area contributed by atoms with Crippen molar-refractivity contribution in [2.45, 2.75) is 6.92 Å². The lowest BCUT2D eigenvalue weighted by Gasteiger charge is -2.12. The molecule has 0 radical (unpaired) electrons. The molecule has 9 nitrogen and oxygen atoms in total. The molecule has 1 fully saturated rings. The molecule has 3 N–H and O–H groups in total. The predicted molar refractivity (Wildman–Crippen MR) is 115 cm³/mol. The van der Waals surface area contributed by atoms with E-state index in [2.05, 4.69) is 26.6 Å². The number of ether oxygens (including phenoxy) is 1. The maximum absolute atomic E-state index is 12.5. The molecule has 0 spiro atoms. The third-order valence-electron chi connectivity index (χ3n) is 4.23. The van der Waals surface area contributed by atoms with E-state index in [1.807, 2.05) is 0 Å². The fourth-order valence-electron chi connectivity index (χ4n) is 2.76. The summed E-state index contributed by atoms with van der Waals surface area (Å²) in [5.74, 6) is -1.84. The van der Waals surface area contributed by atoms with Gasteiger partial charge in [-0.3, -0.25) is 9.59 Å². The van der Waals surface area contributed by atoms with Crippen LogP contribution in [0.4, 0.5) is 10.5 Å². The molecule has 1 aliphatic rings. The number of urea groups is 1. The van der Waals surface area contributed by atoms with Gasteiger partial charge in [0.05, 0.1) is 12.2 Å². The van der Waals surface area contributed by atoms with Gasteiger partial charge in [-0.1, -0.05) is 15.9 Å². The quantitative estimate of drug-likeness (QED) is 0.326. The first-order valence-electron chi connectivity index (χ1n) is 9.18. The number of rotatable bonds is 6. The zero-order valence-electron chi connectivity index (χ0n) is 16.3. The SMILES string of the molecule is CCOC(=O)c1ccc(NC(=O)CN2C(=O)N/C(=C\c3cc(Br)ccc3O)C2=O)cc1. The maximum atomic E-state index is 12.5. The van der Waals surface area contributed by atoms with Crippen molar-refractivity contribution in [3.63, 3.8) is 0 Å². The van der Waals surface area contributed by atoms with Crippen LogP contribution in [0.3, 0.4) is 0 Å². The van der Waals surface area contributed by atoms with Crippen molar-refractivity contribution in [1.82, 2.24) is 10.2 Å². The zero-order valence-corrected chi connectivity index (χ0v) is 17.9. The van der Waals surface area contributed by atoms with Gasteiger partial charge in [0.1, 0.15) is 18.0 Å². The lowest BCUT2D eigenvalue weighted by molar-refractivity contribution is -0.127. The van der Waals surface area contributed by atoms with E-state index >= 15 is 0 Å². The molecule has 31 heavy (non-hydrogen) atoms. The molecule has 160 valence electrons. The Hall–Kier alpha value is -3.66. The van der Waals surface area contributed by atoms with Crippen molar-refractivity contribution < 1.29 is 29.0 Å². The highest BCUT2D eigenvalue weighted by atomic mass is 79.9. The van der Waals surface area contributed by atoms with Gasteiger partial charge in [-0.05, 0) is 55.5 Å². The molecular weight excluding hydrogens is 470 g/mol. The Labute approximate surface area is 185 Å². The van der Waals surface area contributed by atoms with Crippen LogP contribution in [-0.2, 0) is 14.3 Å².